The van der Waals surface area contributed by atoms with Gasteiger partial charge in [0.1, 0.15) is 18.2 Å². The molecule has 1 fully saturated rings. The quantitative estimate of drug-likeness (QED) is 0.681. The molecule has 0 saturated carbocycles. The molecular formula is C20H28N2O5. The zero-order valence-corrected chi connectivity index (χ0v) is 16.5. The van der Waals surface area contributed by atoms with Crippen LogP contribution in [-0.4, -0.2) is 53.8 Å². The number of nitrogens with one attached hydrogen (secondary N) is 1. The second-order valence-electron chi connectivity index (χ2n) is 7.08. The van der Waals surface area contributed by atoms with Gasteiger partial charge in [0, 0.05) is 0 Å². The van der Waals surface area contributed by atoms with Crippen molar-refractivity contribution in [2.45, 2.75) is 39.3 Å². The number of urea groups is 1. The van der Waals surface area contributed by atoms with E-state index in [1.165, 1.54) is 7.11 Å². The van der Waals surface area contributed by atoms with Crippen LogP contribution < -0.4 is 14.8 Å². The third-order valence-corrected chi connectivity index (χ3v) is 4.83. The molecule has 0 radical (unpaired) electrons. The molecule has 0 bridgehead atoms. The Hall–Kier alpha value is -2.54. The van der Waals surface area contributed by atoms with Gasteiger partial charge in [-0.25, -0.2) is 4.79 Å². The van der Waals surface area contributed by atoms with Crippen molar-refractivity contribution >= 4 is 18.0 Å². The van der Waals surface area contributed by atoms with E-state index in [2.05, 4.69) is 5.32 Å². The van der Waals surface area contributed by atoms with Crippen molar-refractivity contribution in [2.24, 2.45) is 5.92 Å². The van der Waals surface area contributed by atoms with Gasteiger partial charge in [-0.1, -0.05) is 32.1 Å². The van der Waals surface area contributed by atoms with Crippen LogP contribution >= 0.6 is 0 Å². The zero-order chi connectivity index (χ0) is 20.2. The number of amides is 3. The maximum absolute atomic E-state index is 12.6. The van der Waals surface area contributed by atoms with Gasteiger partial charge < -0.3 is 19.9 Å². The number of carbonyl (C=O) groups is 2. The molecule has 0 aromatic heterocycles. The van der Waals surface area contributed by atoms with E-state index in [0.29, 0.717) is 11.5 Å². The number of ether oxygens (including phenoxy) is 2. The summed E-state index contributed by atoms with van der Waals surface area (Å²) in [5.41, 5.74) is 0.0123. The van der Waals surface area contributed by atoms with E-state index in [-0.39, 0.29) is 25.0 Å². The lowest BCUT2D eigenvalue weighted by Crippen LogP contribution is -2.49. The standard InChI is InChI=1S/C20H28N2O5/c1-6-7-14-8-9-16(17(10-14)26-5)27-12-15(23)11-22-18(24)20(4,13(2)3)21-19(22)25/h6-10,13,15,23H,11-12H2,1-5H3,(H,21,25). The lowest BCUT2D eigenvalue weighted by atomic mass is 9.88. The van der Waals surface area contributed by atoms with Gasteiger partial charge in [-0.05, 0) is 37.5 Å². The average molecular weight is 376 g/mol. The zero-order valence-electron chi connectivity index (χ0n) is 16.5. The highest BCUT2D eigenvalue weighted by molar-refractivity contribution is 6.07. The number of methoxy groups -OCH3 is 1. The Morgan fingerprint density at radius 2 is 2.00 bits per heavy atom. The van der Waals surface area contributed by atoms with E-state index in [4.69, 9.17) is 9.47 Å². The lowest BCUT2D eigenvalue weighted by molar-refractivity contribution is -0.133. The Bertz CT molecular complexity index is 731. The van der Waals surface area contributed by atoms with Crippen LogP contribution in [0.1, 0.15) is 33.3 Å². The molecule has 1 aromatic carbocycles. The van der Waals surface area contributed by atoms with E-state index < -0.39 is 17.7 Å². The van der Waals surface area contributed by atoms with Gasteiger partial charge in [-0.15, -0.1) is 0 Å². The number of nitrogens with zero attached hydrogens (tertiary/aromatic N) is 1. The highest BCUT2D eigenvalue weighted by Crippen LogP contribution is 2.29. The SMILES string of the molecule is CC=Cc1ccc(OCC(O)CN2C(=O)NC(C)(C(C)C)C2=O)c(OC)c1. The molecule has 148 valence electrons. The van der Waals surface area contributed by atoms with Gasteiger partial charge in [0.05, 0.1) is 13.7 Å². The van der Waals surface area contributed by atoms with E-state index in [1.54, 1.807) is 13.0 Å². The minimum Gasteiger partial charge on any atom is -0.493 e. The number of hydrogen-bond donors (Lipinski definition) is 2. The smallest absolute Gasteiger partial charge is 0.325 e. The molecule has 1 heterocycles. The van der Waals surface area contributed by atoms with Crippen molar-refractivity contribution < 1.29 is 24.2 Å². The third-order valence-electron chi connectivity index (χ3n) is 4.83. The molecule has 27 heavy (non-hydrogen) atoms. The van der Waals surface area contributed by atoms with Crippen molar-refractivity contribution in [3.05, 3.63) is 29.8 Å². The highest BCUT2D eigenvalue weighted by Gasteiger charge is 2.49. The summed E-state index contributed by atoms with van der Waals surface area (Å²) >= 11 is 0. The topological polar surface area (TPSA) is 88.1 Å². The molecule has 2 N–H and O–H groups in total. The number of aliphatic hydroxyl groups is 1. The maximum Gasteiger partial charge on any atom is 0.325 e. The van der Waals surface area contributed by atoms with Crippen LogP contribution in [0.25, 0.3) is 6.08 Å². The number of allylic oxidation sites excluding steroid dienone is 1. The van der Waals surface area contributed by atoms with Crippen molar-refractivity contribution in [1.29, 1.82) is 0 Å². The summed E-state index contributed by atoms with van der Waals surface area (Å²) in [5.74, 6) is 0.622. The number of rotatable bonds is 8. The van der Waals surface area contributed by atoms with Gasteiger partial charge in [0.2, 0.25) is 0 Å². The molecule has 7 heteroatoms. The van der Waals surface area contributed by atoms with E-state index in [9.17, 15) is 14.7 Å². The molecule has 1 aromatic rings. The molecule has 2 rings (SSSR count). The number of hydrogen-bond acceptors (Lipinski definition) is 5. The molecular weight excluding hydrogens is 348 g/mol. The lowest BCUT2D eigenvalue weighted by Gasteiger charge is -2.26. The van der Waals surface area contributed by atoms with Gasteiger partial charge in [0.25, 0.3) is 5.91 Å². The number of β-amino-alcohol motifs (C(OH)–C–C–N with tert-alkyl or cyclic N) is 1. The molecule has 3 amide bonds. The molecule has 1 aliphatic rings. The Labute approximate surface area is 159 Å². The average Bonchev–Trinajstić information content (AvgIpc) is 2.85. The summed E-state index contributed by atoms with van der Waals surface area (Å²) in [4.78, 5) is 25.7. The number of imide groups is 1. The summed E-state index contributed by atoms with van der Waals surface area (Å²) in [5, 5.41) is 13.0. The fraction of sp³-hybridized carbons (Fsp3) is 0.500. The van der Waals surface area contributed by atoms with Crippen molar-refractivity contribution in [2.75, 3.05) is 20.3 Å². The monoisotopic (exact) mass is 376 g/mol. The minimum atomic E-state index is -1.02. The van der Waals surface area contributed by atoms with Gasteiger partial charge in [-0.3, -0.25) is 9.69 Å². The van der Waals surface area contributed by atoms with Crippen LogP contribution in [0, 0.1) is 5.92 Å². The predicted octanol–water partition coefficient (Wildman–Crippen LogP) is 2.43. The summed E-state index contributed by atoms with van der Waals surface area (Å²) < 4.78 is 11.0. The van der Waals surface area contributed by atoms with Crippen molar-refractivity contribution in [3.63, 3.8) is 0 Å². The Kier molecular flexibility index (Phi) is 6.49. The summed E-state index contributed by atoms with van der Waals surface area (Å²) in [7, 11) is 1.54. The van der Waals surface area contributed by atoms with Gasteiger partial charge in [0.15, 0.2) is 11.5 Å². The van der Waals surface area contributed by atoms with E-state index in [1.807, 2.05) is 45.1 Å². The fourth-order valence-electron chi connectivity index (χ4n) is 2.82. The van der Waals surface area contributed by atoms with Gasteiger partial charge in [-0.2, -0.15) is 0 Å². The summed E-state index contributed by atoms with van der Waals surface area (Å²) in [6.07, 6.45) is 2.83. The molecule has 1 aliphatic heterocycles. The predicted molar refractivity (Wildman–Crippen MR) is 103 cm³/mol. The van der Waals surface area contributed by atoms with E-state index in [0.717, 1.165) is 10.5 Å². The molecule has 0 spiro atoms. The highest BCUT2D eigenvalue weighted by atomic mass is 16.5. The van der Waals surface area contributed by atoms with Gasteiger partial charge >= 0.3 is 6.03 Å². The Balaban J connectivity index is 2.00. The fourth-order valence-corrected chi connectivity index (χ4v) is 2.82. The van der Waals surface area contributed by atoms with Crippen LogP contribution in [0.15, 0.2) is 24.3 Å². The maximum atomic E-state index is 12.6. The van der Waals surface area contributed by atoms with E-state index >= 15 is 0 Å². The first-order chi connectivity index (χ1) is 12.7. The first-order valence-electron chi connectivity index (χ1n) is 8.98. The number of aliphatic hydroxyl groups excluding tert-OH is 1. The van der Waals surface area contributed by atoms with Crippen LogP contribution in [0.3, 0.4) is 0 Å². The Morgan fingerprint density at radius 1 is 1.30 bits per heavy atom. The van der Waals surface area contributed by atoms with Crippen LogP contribution in [0.2, 0.25) is 0 Å². The normalized spacial score (nSPS) is 21.1. The second kappa shape index (κ2) is 8.43. The molecule has 1 saturated heterocycles. The molecule has 0 aliphatic carbocycles. The summed E-state index contributed by atoms with van der Waals surface area (Å²) in [6, 6.07) is 4.96. The van der Waals surface area contributed by atoms with Crippen molar-refractivity contribution in [1.82, 2.24) is 10.2 Å². The van der Waals surface area contributed by atoms with Crippen LogP contribution in [0.4, 0.5) is 4.79 Å². The molecule has 7 nitrogen and oxygen atoms in total. The number of carbonyl (C=O) groups excluding carboxylic acids is 2. The third kappa shape index (κ3) is 4.42. The van der Waals surface area contributed by atoms with Crippen LogP contribution in [0.5, 0.6) is 11.5 Å². The molecule has 2 atom stereocenters. The summed E-state index contributed by atoms with van der Waals surface area (Å²) in [6.45, 7) is 7.14. The van der Waals surface area contributed by atoms with Crippen LogP contribution in [-0.2, 0) is 4.79 Å². The van der Waals surface area contributed by atoms with Crippen molar-refractivity contribution in [3.8, 4) is 11.5 Å². The largest absolute Gasteiger partial charge is 0.493 e. The first kappa shape index (κ1) is 20.8. The minimum absolute atomic E-state index is 0.0627. The molecule has 2 unspecified atom stereocenters. The number of benzene rings is 1. The first-order valence-corrected chi connectivity index (χ1v) is 8.98. The Morgan fingerprint density at radius 3 is 2.56 bits per heavy atom. The second-order valence-corrected chi connectivity index (χ2v) is 7.08.